The molecule has 0 atom stereocenters. The molecule has 13 rings (SSSR count). The second kappa shape index (κ2) is 15.5. The smallest absolute Gasteiger partial charge is 0.0714 e. The second-order valence-electron chi connectivity index (χ2n) is 17.9. The Hall–Kier alpha value is -8.26. The Labute approximate surface area is 385 Å². The largest absolute Gasteiger partial charge is 0.314 e. The minimum absolute atomic E-state index is 0.492. The summed E-state index contributed by atoms with van der Waals surface area (Å²) in [5.74, 6) is 0. The molecule has 0 spiro atoms. The molecule has 11 aromatic rings. The molecule has 0 unspecified atom stereocenters. The molecule has 0 aromatic heterocycles. The summed E-state index contributed by atoms with van der Waals surface area (Å²) in [6.45, 7) is 0. The quantitative estimate of drug-likeness (QED) is 0.145. The number of rotatable bonds is 7. The summed E-state index contributed by atoms with van der Waals surface area (Å²) in [6, 6.07) is 87.9. The molecule has 11 aromatic carbocycles. The minimum atomic E-state index is -0.492. The van der Waals surface area contributed by atoms with Crippen molar-refractivity contribution in [2.24, 2.45) is 0 Å². The maximum atomic E-state index is 2.56. The average Bonchev–Trinajstić information content (AvgIpc) is 3.71. The molecule has 2 aliphatic rings. The first-order valence-electron chi connectivity index (χ1n) is 23.2. The van der Waals surface area contributed by atoms with Crippen molar-refractivity contribution < 1.29 is 0 Å². The van der Waals surface area contributed by atoms with Gasteiger partial charge in [0.1, 0.15) is 0 Å². The summed E-state index contributed by atoms with van der Waals surface area (Å²) < 4.78 is 0. The fourth-order valence-corrected chi connectivity index (χ4v) is 11.4. The highest BCUT2D eigenvalue weighted by Crippen LogP contribution is 2.59. The van der Waals surface area contributed by atoms with Gasteiger partial charge in [0, 0.05) is 16.9 Å². The molecular formula is C65H45N. The van der Waals surface area contributed by atoms with Crippen LogP contribution in [0.15, 0.2) is 254 Å². The number of anilines is 2. The molecule has 0 heterocycles. The predicted molar refractivity (Wildman–Crippen MR) is 280 cm³/mol. The van der Waals surface area contributed by atoms with E-state index in [2.05, 4.69) is 254 Å². The molecule has 1 heteroatoms. The lowest BCUT2D eigenvalue weighted by Crippen LogP contribution is -2.28. The van der Waals surface area contributed by atoms with Gasteiger partial charge in [-0.15, -0.1) is 0 Å². The Kier molecular flexibility index (Phi) is 8.96. The lowest BCUT2D eigenvalue weighted by atomic mass is 9.68. The van der Waals surface area contributed by atoms with Gasteiger partial charge in [0.05, 0.1) is 11.1 Å². The van der Waals surface area contributed by atoms with Crippen molar-refractivity contribution >= 4 is 60.0 Å². The summed E-state index contributed by atoms with van der Waals surface area (Å²) in [5, 5.41) is 10.3. The standard InChI is InChI=1S/C65H45N/c1-3-16-52(17-4-1)65(53-18-5-2-6-19-53)61-23-12-11-22-58(61)64-62(65)24-13-25-63(64)66(54-38-34-44(35-39-54)50-32-30-48-28-26-46-14-7-9-20-56(46)59(48)42-50)55-40-36-45(37-41-55)51-33-31-49-29-27-47-15-8-10-21-57(47)60(49)43-51/h1-36,38-40,42-43H,37,41H2. The average molecular weight is 840 g/mol. The number of benzene rings is 11. The first kappa shape index (κ1) is 38.2. The number of hydrogen-bond donors (Lipinski definition) is 0. The third-order valence-electron chi connectivity index (χ3n) is 14.4. The van der Waals surface area contributed by atoms with Crippen LogP contribution in [0.2, 0.25) is 0 Å². The van der Waals surface area contributed by atoms with E-state index >= 15 is 0 Å². The lowest BCUT2D eigenvalue weighted by Gasteiger charge is -2.35. The Morgan fingerprint density at radius 2 is 0.864 bits per heavy atom. The summed E-state index contributed by atoms with van der Waals surface area (Å²) in [5.41, 5.74) is 15.9. The van der Waals surface area contributed by atoms with E-state index in [4.69, 9.17) is 0 Å². The molecule has 310 valence electrons. The van der Waals surface area contributed by atoms with E-state index in [0.717, 1.165) is 18.5 Å². The predicted octanol–water partition coefficient (Wildman–Crippen LogP) is 17.2. The van der Waals surface area contributed by atoms with Gasteiger partial charge >= 0.3 is 0 Å². The second-order valence-corrected chi connectivity index (χ2v) is 17.9. The van der Waals surface area contributed by atoms with E-state index in [1.54, 1.807) is 0 Å². The van der Waals surface area contributed by atoms with Gasteiger partial charge in [-0.05, 0) is 142 Å². The van der Waals surface area contributed by atoms with Gasteiger partial charge in [-0.3, -0.25) is 0 Å². The molecule has 0 radical (unpaired) electrons. The van der Waals surface area contributed by atoms with Gasteiger partial charge in [-0.1, -0.05) is 212 Å². The molecule has 0 saturated heterocycles. The summed E-state index contributed by atoms with van der Waals surface area (Å²) in [7, 11) is 0. The number of hydrogen-bond acceptors (Lipinski definition) is 1. The van der Waals surface area contributed by atoms with Crippen LogP contribution in [-0.4, -0.2) is 0 Å². The van der Waals surface area contributed by atoms with Crippen LogP contribution >= 0.6 is 0 Å². The van der Waals surface area contributed by atoms with Gasteiger partial charge in [0.2, 0.25) is 0 Å². The van der Waals surface area contributed by atoms with Crippen LogP contribution in [0, 0.1) is 0 Å². The Morgan fingerprint density at radius 1 is 0.348 bits per heavy atom. The molecular weight excluding hydrogens is 795 g/mol. The zero-order valence-electron chi connectivity index (χ0n) is 36.5. The van der Waals surface area contributed by atoms with Gasteiger partial charge in [-0.2, -0.15) is 0 Å². The zero-order chi connectivity index (χ0) is 43.6. The van der Waals surface area contributed by atoms with Crippen LogP contribution in [-0.2, 0) is 5.41 Å². The molecule has 2 aliphatic carbocycles. The van der Waals surface area contributed by atoms with Crippen molar-refractivity contribution in [1.82, 2.24) is 0 Å². The molecule has 0 fully saturated rings. The summed E-state index contributed by atoms with van der Waals surface area (Å²) >= 11 is 0. The topological polar surface area (TPSA) is 3.24 Å². The highest BCUT2D eigenvalue weighted by atomic mass is 15.2. The third kappa shape index (κ3) is 6.01. The SMILES string of the molecule is C1=C(c2ccc3ccc4ccccc4c3c2)CCC(N(c2ccc(-c3ccc4ccc5ccccc5c4c3)cc2)c2cccc3c2-c2ccccc2C3(c2ccccc2)c2ccccc2)=C1. The Balaban J connectivity index is 0.990. The number of allylic oxidation sites excluding steroid dienone is 4. The molecule has 0 N–H and O–H groups in total. The molecule has 66 heavy (non-hydrogen) atoms. The van der Waals surface area contributed by atoms with Gasteiger partial charge in [0.15, 0.2) is 0 Å². The van der Waals surface area contributed by atoms with Crippen molar-refractivity contribution in [3.8, 4) is 22.3 Å². The number of fused-ring (bicyclic) bond motifs is 9. The van der Waals surface area contributed by atoms with Crippen molar-refractivity contribution in [2.75, 3.05) is 4.90 Å². The van der Waals surface area contributed by atoms with E-state index in [9.17, 15) is 0 Å². The van der Waals surface area contributed by atoms with Gasteiger partial charge in [-0.25, -0.2) is 0 Å². The first-order valence-corrected chi connectivity index (χ1v) is 23.2. The molecule has 1 nitrogen and oxygen atoms in total. The van der Waals surface area contributed by atoms with Crippen LogP contribution in [0.1, 0.15) is 40.7 Å². The highest BCUT2D eigenvalue weighted by Gasteiger charge is 2.47. The Bertz CT molecular complexity index is 3710. The van der Waals surface area contributed by atoms with Crippen molar-refractivity contribution in [3.05, 3.63) is 282 Å². The maximum Gasteiger partial charge on any atom is 0.0714 e. The van der Waals surface area contributed by atoms with Crippen molar-refractivity contribution in [1.29, 1.82) is 0 Å². The van der Waals surface area contributed by atoms with E-state index in [1.807, 2.05) is 0 Å². The van der Waals surface area contributed by atoms with E-state index < -0.39 is 5.41 Å². The van der Waals surface area contributed by atoms with Crippen LogP contribution in [0.4, 0.5) is 11.4 Å². The summed E-state index contributed by atoms with van der Waals surface area (Å²) in [6.07, 6.45) is 6.59. The van der Waals surface area contributed by atoms with Crippen LogP contribution in [0.25, 0.3) is 70.9 Å². The maximum absolute atomic E-state index is 2.56. The van der Waals surface area contributed by atoms with E-state index in [1.165, 1.54) is 110 Å². The van der Waals surface area contributed by atoms with Gasteiger partial charge < -0.3 is 4.90 Å². The lowest BCUT2D eigenvalue weighted by molar-refractivity contribution is 0.768. The Morgan fingerprint density at radius 3 is 1.50 bits per heavy atom. The molecule has 0 saturated carbocycles. The van der Waals surface area contributed by atoms with Crippen LogP contribution in [0.5, 0.6) is 0 Å². The zero-order valence-corrected chi connectivity index (χ0v) is 36.5. The highest BCUT2D eigenvalue weighted by molar-refractivity contribution is 6.10. The summed E-state index contributed by atoms with van der Waals surface area (Å²) in [4.78, 5) is 2.56. The molecule has 0 bridgehead atoms. The normalized spacial score (nSPS) is 13.9. The minimum Gasteiger partial charge on any atom is -0.314 e. The first-order chi connectivity index (χ1) is 32.7. The van der Waals surface area contributed by atoms with Crippen molar-refractivity contribution in [2.45, 2.75) is 18.3 Å². The third-order valence-corrected chi connectivity index (χ3v) is 14.4. The monoisotopic (exact) mass is 839 g/mol. The van der Waals surface area contributed by atoms with E-state index in [0.29, 0.717) is 0 Å². The fraction of sp³-hybridized carbons (Fsp3) is 0.0462. The fourth-order valence-electron chi connectivity index (χ4n) is 11.4. The van der Waals surface area contributed by atoms with E-state index in [-0.39, 0.29) is 0 Å². The van der Waals surface area contributed by atoms with Crippen LogP contribution < -0.4 is 4.90 Å². The van der Waals surface area contributed by atoms with Crippen LogP contribution in [0.3, 0.4) is 0 Å². The van der Waals surface area contributed by atoms with Crippen molar-refractivity contribution in [3.63, 3.8) is 0 Å². The van der Waals surface area contributed by atoms with Gasteiger partial charge in [0.25, 0.3) is 0 Å². The molecule has 0 aliphatic heterocycles. The number of nitrogens with zero attached hydrogens (tertiary/aromatic N) is 1. The molecule has 0 amide bonds.